The van der Waals surface area contributed by atoms with Crippen molar-refractivity contribution in [3.63, 3.8) is 0 Å². The van der Waals surface area contributed by atoms with E-state index in [-0.39, 0.29) is 11.7 Å². The number of halogens is 1. The molecule has 0 bridgehead atoms. The third kappa shape index (κ3) is 5.67. The average molecular weight is 543 g/mol. The summed E-state index contributed by atoms with van der Waals surface area (Å²) in [6.45, 7) is 11.9. The molecule has 0 aliphatic carbocycles. The van der Waals surface area contributed by atoms with Crippen LogP contribution in [0.3, 0.4) is 0 Å². The second-order valence-electron chi connectivity index (χ2n) is 9.94. The molecule has 2 aromatic carbocycles. The lowest BCUT2D eigenvalue weighted by atomic mass is 10.0. The van der Waals surface area contributed by atoms with E-state index in [4.69, 9.17) is 0 Å². The van der Waals surface area contributed by atoms with Crippen LogP contribution in [-0.2, 0) is 11.8 Å². The first kappa shape index (κ1) is 27.3. The molecule has 1 amide bonds. The van der Waals surface area contributed by atoms with Gasteiger partial charge in [-0.25, -0.2) is 14.4 Å². The Morgan fingerprint density at radius 2 is 1.93 bits per heavy atom. The number of piperidine rings is 1. The molecule has 1 fully saturated rings. The van der Waals surface area contributed by atoms with Crippen molar-refractivity contribution in [2.45, 2.75) is 32.7 Å². The predicted octanol–water partition coefficient (Wildman–Crippen LogP) is 5.35. The van der Waals surface area contributed by atoms with Gasteiger partial charge in [-0.05, 0) is 56.3 Å². The number of nitrogens with one attached hydrogen (secondary N) is 2. The fourth-order valence-electron chi connectivity index (χ4n) is 5.48. The number of anilines is 4. The number of hydrogen-bond acceptors (Lipinski definition) is 7. The Morgan fingerprint density at radius 3 is 2.65 bits per heavy atom. The van der Waals surface area contributed by atoms with Crippen LogP contribution in [0.25, 0.3) is 22.2 Å². The minimum atomic E-state index is -0.385. The number of nitrogens with zero attached hydrogens (tertiary/aromatic N) is 6. The first-order valence-corrected chi connectivity index (χ1v) is 13.7. The monoisotopic (exact) mass is 542 g/mol. The maximum absolute atomic E-state index is 15.0. The molecule has 0 spiro atoms. The molecule has 0 radical (unpaired) electrons. The molecule has 2 aromatic heterocycles. The average Bonchev–Trinajstić information content (AvgIpc) is 3.33. The van der Waals surface area contributed by atoms with Gasteiger partial charge in [-0.2, -0.15) is 5.10 Å². The van der Waals surface area contributed by atoms with Gasteiger partial charge < -0.3 is 20.4 Å². The van der Waals surface area contributed by atoms with Crippen molar-refractivity contribution in [1.29, 1.82) is 0 Å². The molecule has 0 unspecified atom stereocenters. The summed E-state index contributed by atoms with van der Waals surface area (Å²) < 4.78 is 16.6. The summed E-state index contributed by atoms with van der Waals surface area (Å²) in [7, 11) is 1.78. The molecule has 3 heterocycles. The zero-order chi connectivity index (χ0) is 28.2. The van der Waals surface area contributed by atoms with Gasteiger partial charge in [0.15, 0.2) is 0 Å². The van der Waals surface area contributed by atoms with E-state index in [0.717, 1.165) is 55.8 Å². The van der Waals surface area contributed by atoms with Crippen molar-refractivity contribution in [1.82, 2.24) is 24.6 Å². The van der Waals surface area contributed by atoms with Gasteiger partial charge in [0, 0.05) is 54.9 Å². The lowest BCUT2D eigenvalue weighted by Gasteiger charge is -2.39. The van der Waals surface area contributed by atoms with E-state index in [2.05, 4.69) is 55.9 Å². The number of rotatable bonds is 9. The van der Waals surface area contributed by atoms with E-state index in [1.807, 2.05) is 18.2 Å². The predicted molar refractivity (Wildman–Crippen MR) is 158 cm³/mol. The number of aryl methyl sites for hydroxylation is 1. The largest absolute Gasteiger partial charge is 0.370 e. The Bertz CT molecular complexity index is 1520. The topological polar surface area (TPSA) is 91.2 Å². The SMILES string of the molecule is C=CC(=O)Nc1cc(Nc2cc(-c3cc4cnn(C)c4cc3F)ncn2)ccc1N1CCC(N(CC)CC)CC1. The highest BCUT2D eigenvalue weighted by atomic mass is 19.1. The van der Waals surface area contributed by atoms with Gasteiger partial charge in [-0.15, -0.1) is 0 Å². The molecule has 1 saturated heterocycles. The summed E-state index contributed by atoms with van der Waals surface area (Å²) in [6, 6.07) is 11.3. The molecule has 208 valence electrons. The van der Waals surface area contributed by atoms with Crippen LogP contribution in [-0.4, -0.2) is 62.8 Å². The summed E-state index contributed by atoms with van der Waals surface area (Å²) in [4.78, 5) is 25.8. The number of aromatic nitrogens is 4. The number of fused-ring (bicyclic) bond motifs is 1. The summed E-state index contributed by atoms with van der Waals surface area (Å²) in [6.07, 6.45) is 6.51. The molecule has 9 nitrogen and oxygen atoms in total. The third-order valence-corrected chi connectivity index (χ3v) is 7.62. The normalized spacial score (nSPS) is 14.1. The van der Waals surface area contributed by atoms with Gasteiger partial charge in [0.1, 0.15) is 18.0 Å². The van der Waals surface area contributed by atoms with Gasteiger partial charge in [-0.1, -0.05) is 20.4 Å². The van der Waals surface area contributed by atoms with Crippen LogP contribution in [0.1, 0.15) is 26.7 Å². The number of benzene rings is 2. The van der Waals surface area contributed by atoms with E-state index in [1.165, 1.54) is 18.5 Å². The van der Waals surface area contributed by atoms with E-state index in [0.29, 0.717) is 34.3 Å². The lowest BCUT2D eigenvalue weighted by Crippen LogP contribution is -2.45. The van der Waals surface area contributed by atoms with Crippen molar-refractivity contribution in [3.05, 3.63) is 67.4 Å². The highest BCUT2D eigenvalue weighted by Gasteiger charge is 2.24. The Kier molecular flexibility index (Phi) is 8.06. The number of carbonyl (C=O) groups is 1. The number of hydrogen-bond donors (Lipinski definition) is 2. The Morgan fingerprint density at radius 1 is 1.15 bits per heavy atom. The van der Waals surface area contributed by atoms with Crippen molar-refractivity contribution in [2.24, 2.45) is 7.05 Å². The lowest BCUT2D eigenvalue weighted by molar-refractivity contribution is -0.111. The Labute approximate surface area is 233 Å². The zero-order valence-electron chi connectivity index (χ0n) is 23.2. The first-order chi connectivity index (χ1) is 19.4. The number of carbonyl (C=O) groups excluding carboxylic acids is 1. The van der Waals surface area contributed by atoms with Gasteiger partial charge in [-0.3, -0.25) is 9.48 Å². The molecule has 5 rings (SSSR count). The molecule has 40 heavy (non-hydrogen) atoms. The molecule has 1 aliphatic heterocycles. The van der Waals surface area contributed by atoms with Crippen molar-refractivity contribution in [3.8, 4) is 11.3 Å². The molecule has 1 aliphatic rings. The molecule has 0 saturated carbocycles. The fourth-order valence-corrected chi connectivity index (χ4v) is 5.48. The molecular formula is C30H35FN8O. The minimum Gasteiger partial charge on any atom is -0.370 e. The van der Waals surface area contributed by atoms with Crippen LogP contribution in [0.5, 0.6) is 0 Å². The van der Waals surface area contributed by atoms with Gasteiger partial charge in [0.2, 0.25) is 5.91 Å². The summed E-state index contributed by atoms with van der Waals surface area (Å²) in [5.41, 5.74) is 3.92. The number of amides is 1. The Balaban J connectivity index is 1.38. The highest BCUT2D eigenvalue weighted by molar-refractivity contribution is 6.01. The van der Waals surface area contributed by atoms with Crippen LogP contribution >= 0.6 is 0 Å². The maximum atomic E-state index is 15.0. The second kappa shape index (κ2) is 11.8. The van der Waals surface area contributed by atoms with E-state index in [1.54, 1.807) is 30.1 Å². The molecular weight excluding hydrogens is 507 g/mol. The molecule has 10 heteroatoms. The van der Waals surface area contributed by atoms with Gasteiger partial charge in [0.05, 0.1) is 28.8 Å². The highest BCUT2D eigenvalue weighted by Crippen LogP contribution is 2.34. The van der Waals surface area contributed by atoms with Crippen LogP contribution in [0, 0.1) is 5.82 Å². The van der Waals surface area contributed by atoms with Crippen molar-refractivity contribution >= 4 is 39.7 Å². The maximum Gasteiger partial charge on any atom is 0.247 e. The van der Waals surface area contributed by atoms with Crippen molar-refractivity contribution < 1.29 is 9.18 Å². The second-order valence-corrected chi connectivity index (χ2v) is 9.94. The summed E-state index contributed by atoms with van der Waals surface area (Å²) >= 11 is 0. The minimum absolute atomic E-state index is 0.276. The van der Waals surface area contributed by atoms with Crippen LogP contribution < -0.4 is 15.5 Å². The van der Waals surface area contributed by atoms with Crippen LogP contribution in [0.15, 0.2) is 61.6 Å². The summed E-state index contributed by atoms with van der Waals surface area (Å²) in [5.74, 6) is -0.157. The molecule has 4 aromatic rings. The van der Waals surface area contributed by atoms with E-state index in [9.17, 15) is 9.18 Å². The smallest absolute Gasteiger partial charge is 0.247 e. The molecule has 0 atom stereocenters. The standard InChI is InChI=1S/C30H35FN8O/c1-5-30(40)36-26-15-21(8-9-27(26)39-12-10-22(11-13-39)38(6-2)7-3)35-29-17-25(32-19-33-29)23-14-20-18-34-37(4)28(20)16-24(23)31/h5,8-9,14-19,22H,1,6-7,10-13H2,2-4H3,(H,36,40)(H,32,33,35). The van der Waals surface area contributed by atoms with Crippen LogP contribution in [0.4, 0.5) is 27.3 Å². The van der Waals surface area contributed by atoms with Crippen LogP contribution in [0.2, 0.25) is 0 Å². The van der Waals surface area contributed by atoms with Crippen molar-refractivity contribution in [2.75, 3.05) is 41.7 Å². The Hall–Kier alpha value is -4.31. The molecule has 2 N–H and O–H groups in total. The first-order valence-electron chi connectivity index (χ1n) is 13.7. The zero-order valence-corrected chi connectivity index (χ0v) is 23.2. The van der Waals surface area contributed by atoms with E-state index >= 15 is 0 Å². The third-order valence-electron chi connectivity index (χ3n) is 7.62. The summed E-state index contributed by atoms with van der Waals surface area (Å²) in [5, 5.41) is 11.3. The quantitative estimate of drug-likeness (QED) is 0.276. The van der Waals surface area contributed by atoms with E-state index < -0.39 is 0 Å². The van der Waals surface area contributed by atoms with Gasteiger partial charge >= 0.3 is 0 Å². The van der Waals surface area contributed by atoms with Gasteiger partial charge in [0.25, 0.3) is 0 Å². The fraction of sp³-hybridized carbons (Fsp3) is 0.333.